The molecule has 130 valence electrons. The lowest BCUT2D eigenvalue weighted by atomic mass is 9.58. The SMILES string of the molecule is CS(=O)(=O)N1CCN(C(=O)C2C3CCC(CC3)C2C(=O)O)CC1. The van der Waals surface area contributed by atoms with Gasteiger partial charge in [-0.25, -0.2) is 8.42 Å². The van der Waals surface area contributed by atoms with E-state index < -0.39 is 27.8 Å². The first-order chi connectivity index (χ1) is 10.8. The number of fused-ring (bicyclic) bond motifs is 3. The largest absolute Gasteiger partial charge is 0.481 e. The van der Waals surface area contributed by atoms with E-state index in [0.29, 0.717) is 26.2 Å². The summed E-state index contributed by atoms with van der Waals surface area (Å²) in [5.41, 5.74) is 0. The lowest BCUT2D eigenvalue weighted by molar-refractivity contribution is -0.162. The molecule has 1 heterocycles. The van der Waals surface area contributed by atoms with Gasteiger partial charge in [-0.05, 0) is 37.5 Å². The van der Waals surface area contributed by atoms with Crippen molar-refractivity contribution in [3.05, 3.63) is 0 Å². The van der Waals surface area contributed by atoms with E-state index in [-0.39, 0.29) is 17.7 Å². The molecule has 1 aliphatic heterocycles. The first-order valence-electron chi connectivity index (χ1n) is 8.25. The minimum absolute atomic E-state index is 0.0834. The maximum atomic E-state index is 12.9. The molecule has 0 aromatic heterocycles. The van der Waals surface area contributed by atoms with Gasteiger partial charge >= 0.3 is 5.97 Å². The first-order valence-corrected chi connectivity index (χ1v) is 10.1. The van der Waals surface area contributed by atoms with E-state index in [1.807, 2.05) is 0 Å². The Balaban J connectivity index is 1.71. The van der Waals surface area contributed by atoms with Gasteiger partial charge in [0.05, 0.1) is 18.1 Å². The number of carbonyl (C=O) groups is 2. The molecule has 2 unspecified atom stereocenters. The van der Waals surface area contributed by atoms with Gasteiger partial charge in [0.2, 0.25) is 15.9 Å². The third-order valence-electron chi connectivity index (χ3n) is 5.81. The summed E-state index contributed by atoms with van der Waals surface area (Å²) >= 11 is 0. The Labute approximate surface area is 136 Å². The highest BCUT2D eigenvalue weighted by atomic mass is 32.2. The minimum atomic E-state index is -3.23. The Morgan fingerprint density at radius 3 is 1.83 bits per heavy atom. The molecule has 7 nitrogen and oxygen atoms in total. The van der Waals surface area contributed by atoms with Crippen LogP contribution in [0.2, 0.25) is 0 Å². The number of rotatable bonds is 3. The van der Waals surface area contributed by atoms with E-state index in [0.717, 1.165) is 25.7 Å². The third kappa shape index (κ3) is 3.10. The van der Waals surface area contributed by atoms with Crippen molar-refractivity contribution in [1.82, 2.24) is 9.21 Å². The molecule has 1 N–H and O–H groups in total. The van der Waals surface area contributed by atoms with Crippen LogP contribution in [0.15, 0.2) is 0 Å². The fourth-order valence-corrected chi connectivity index (χ4v) is 5.44. The Kier molecular flexibility index (Phi) is 4.39. The van der Waals surface area contributed by atoms with Crippen molar-refractivity contribution >= 4 is 21.9 Å². The number of nitrogens with zero attached hydrogens (tertiary/aromatic N) is 2. The van der Waals surface area contributed by atoms with Gasteiger partial charge in [0.25, 0.3) is 0 Å². The predicted octanol–water partition coefficient (Wildman–Crippen LogP) is 0.227. The highest BCUT2D eigenvalue weighted by molar-refractivity contribution is 7.88. The molecule has 1 amide bonds. The molecule has 2 bridgehead atoms. The number of carboxylic acids is 1. The Morgan fingerprint density at radius 2 is 1.39 bits per heavy atom. The van der Waals surface area contributed by atoms with Gasteiger partial charge in [0.15, 0.2) is 0 Å². The lowest BCUT2D eigenvalue weighted by Crippen LogP contribution is -2.56. The normalized spacial score (nSPS) is 35.3. The maximum Gasteiger partial charge on any atom is 0.307 e. The lowest BCUT2D eigenvalue weighted by Gasteiger charge is -2.47. The first kappa shape index (κ1) is 16.7. The average molecular weight is 344 g/mol. The molecular weight excluding hydrogens is 320 g/mol. The molecule has 0 aromatic carbocycles. The van der Waals surface area contributed by atoms with Gasteiger partial charge in [-0.1, -0.05) is 0 Å². The summed E-state index contributed by atoms with van der Waals surface area (Å²) in [7, 11) is -3.23. The molecule has 2 atom stereocenters. The summed E-state index contributed by atoms with van der Waals surface area (Å²) in [5, 5.41) is 9.57. The maximum absolute atomic E-state index is 12.9. The van der Waals surface area contributed by atoms with Crippen molar-refractivity contribution in [3.8, 4) is 0 Å². The number of hydrogen-bond acceptors (Lipinski definition) is 4. The van der Waals surface area contributed by atoms with Crippen molar-refractivity contribution in [2.45, 2.75) is 25.7 Å². The fraction of sp³-hybridized carbons (Fsp3) is 0.867. The average Bonchev–Trinajstić information content (AvgIpc) is 2.53. The highest BCUT2D eigenvalue weighted by Gasteiger charge is 2.51. The zero-order valence-electron chi connectivity index (χ0n) is 13.3. The number of aliphatic carboxylic acids is 1. The summed E-state index contributed by atoms with van der Waals surface area (Å²) in [5.74, 6) is -1.65. The van der Waals surface area contributed by atoms with E-state index >= 15 is 0 Å². The van der Waals surface area contributed by atoms with Gasteiger partial charge in [-0.2, -0.15) is 4.31 Å². The summed E-state index contributed by atoms with van der Waals surface area (Å²) in [6, 6.07) is 0. The van der Waals surface area contributed by atoms with Gasteiger partial charge in [0, 0.05) is 26.2 Å². The molecule has 0 spiro atoms. The summed E-state index contributed by atoms with van der Waals surface area (Å²) in [6.45, 7) is 1.30. The number of hydrogen-bond donors (Lipinski definition) is 1. The van der Waals surface area contributed by atoms with E-state index in [4.69, 9.17) is 0 Å². The van der Waals surface area contributed by atoms with Crippen LogP contribution in [0, 0.1) is 23.7 Å². The standard InChI is InChI=1S/C15H24N2O5S/c1-23(21,22)17-8-6-16(7-9-17)14(18)12-10-2-4-11(5-3-10)13(12)15(19)20/h10-13H,2-9H2,1H3,(H,19,20). The van der Waals surface area contributed by atoms with Crippen LogP contribution in [0.1, 0.15) is 25.7 Å². The van der Waals surface area contributed by atoms with Crippen LogP contribution in [-0.4, -0.2) is 67.0 Å². The van der Waals surface area contributed by atoms with Crippen LogP contribution in [0.5, 0.6) is 0 Å². The molecule has 0 aromatic rings. The van der Waals surface area contributed by atoms with Crippen LogP contribution in [-0.2, 0) is 19.6 Å². The highest BCUT2D eigenvalue weighted by Crippen LogP contribution is 2.49. The Hall–Kier alpha value is -1.15. The second-order valence-corrected chi connectivity index (χ2v) is 9.03. The smallest absolute Gasteiger partial charge is 0.307 e. The van der Waals surface area contributed by atoms with E-state index in [9.17, 15) is 23.1 Å². The van der Waals surface area contributed by atoms with E-state index in [1.165, 1.54) is 10.6 Å². The van der Waals surface area contributed by atoms with Crippen molar-refractivity contribution in [2.75, 3.05) is 32.4 Å². The summed E-state index contributed by atoms with van der Waals surface area (Å²) in [4.78, 5) is 26.2. The van der Waals surface area contributed by atoms with Gasteiger partial charge in [-0.3, -0.25) is 9.59 Å². The minimum Gasteiger partial charge on any atom is -0.481 e. The zero-order chi connectivity index (χ0) is 16.8. The van der Waals surface area contributed by atoms with Gasteiger partial charge in [-0.15, -0.1) is 0 Å². The Morgan fingerprint density at radius 1 is 0.913 bits per heavy atom. The number of amides is 1. The summed E-state index contributed by atoms with van der Waals surface area (Å²) in [6.07, 6.45) is 4.87. The van der Waals surface area contributed by atoms with Crippen LogP contribution in [0.3, 0.4) is 0 Å². The fourth-order valence-electron chi connectivity index (χ4n) is 4.61. The number of piperazine rings is 1. The molecule has 3 saturated carbocycles. The molecular formula is C15H24N2O5S. The van der Waals surface area contributed by atoms with Gasteiger partial charge in [0.1, 0.15) is 0 Å². The number of carbonyl (C=O) groups excluding carboxylic acids is 1. The topological polar surface area (TPSA) is 95.0 Å². The molecule has 3 aliphatic carbocycles. The molecule has 1 saturated heterocycles. The third-order valence-corrected chi connectivity index (χ3v) is 7.11. The second kappa shape index (κ2) is 6.05. The van der Waals surface area contributed by atoms with Crippen LogP contribution in [0.25, 0.3) is 0 Å². The van der Waals surface area contributed by atoms with Crippen molar-refractivity contribution in [1.29, 1.82) is 0 Å². The number of carboxylic acid groups (broad SMARTS) is 1. The predicted molar refractivity (Wildman–Crippen MR) is 83.1 cm³/mol. The van der Waals surface area contributed by atoms with Crippen LogP contribution < -0.4 is 0 Å². The van der Waals surface area contributed by atoms with Crippen LogP contribution >= 0.6 is 0 Å². The van der Waals surface area contributed by atoms with Gasteiger partial charge < -0.3 is 10.0 Å². The van der Waals surface area contributed by atoms with Crippen molar-refractivity contribution in [2.24, 2.45) is 23.7 Å². The molecule has 0 radical (unpaired) electrons. The zero-order valence-corrected chi connectivity index (χ0v) is 14.2. The van der Waals surface area contributed by atoms with E-state index in [1.54, 1.807) is 4.90 Å². The monoisotopic (exact) mass is 344 g/mol. The van der Waals surface area contributed by atoms with Crippen molar-refractivity contribution < 1.29 is 23.1 Å². The van der Waals surface area contributed by atoms with E-state index in [2.05, 4.69) is 0 Å². The molecule has 23 heavy (non-hydrogen) atoms. The van der Waals surface area contributed by atoms with Crippen LogP contribution in [0.4, 0.5) is 0 Å². The molecule has 8 heteroatoms. The number of sulfonamides is 1. The Bertz CT molecular complexity index is 589. The quantitative estimate of drug-likeness (QED) is 0.791. The summed E-state index contributed by atoms with van der Waals surface area (Å²) < 4.78 is 24.5. The molecule has 4 fully saturated rings. The molecule has 4 aliphatic rings. The van der Waals surface area contributed by atoms with Crippen molar-refractivity contribution in [3.63, 3.8) is 0 Å². The second-order valence-electron chi connectivity index (χ2n) is 7.05. The molecule has 4 rings (SSSR count).